The summed E-state index contributed by atoms with van der Waals surface area (Å²) in [5.41, 5.74) is 1.02. The molecule has 0 radical (unpaired) electrons. The van der Waals surface area contributed by atoms with Crippen molar-refractivity contribution in [3.8, 4) is 6.07 Å². The summed E-state index contributed by atoms with van der Waals surface area (Å²) < 4.78 is 6.38. The van der Waals surface area contributed by atoms with E-state index in [0.29, 0.717) is 36.4 Å². The molecular weight excluding hydrogens is 470 g/mol. The molecule has 0 spiro atoms. The second-order valence-corrected chi connectivity index (χ2v) is 9.29. The van der Waals surface area contributed by atoms with E-state index in [1.54, 1.807) is 4.90 Å². The molecule has 1 atom stereocenters. The number of carbonyl (C=O) groups excluding carboxylic acids is 1. The van der Waals surface area contributed by atoms with Gasteiger partial charge in [0.25, 0.3) is 0 Å². The molecule has 1 aliphatic rings. The van der Waals surface area contributed by atoms with Crippen molar-refractivity contribution in [2.24, 2.45) is 0 Å². The zero-order valence-electron chi connectivity index (χ0n) is 16.9. The number of nitriles is 1. The van der Waals surface area contributed by atoms with Gasteiger partial charge in [0.2, 0.25) is 6.54 Å². The van der Waals surface area contributed by atoms with Crippen molar-refractivity contribution in [2.45, 2.75) is 32.4 Å². The largest absolute Gasteiger partial charge is 0.444 e. The lowest BCUT2D eigenvalue weighted by atomic mass is 10.1. The number of hydrogen-bond donors (Lipinski definition) is 0. The van der Waals surface area contributed by atoms with E-state index >= 15 is 0 Å². The summed E-state index contributed by atoms with van der Waals surface area (Å²) >= 11 is 9.76. The summed E-state index contributed by atoms with van der Waals surface area (Å²) in [7, 11) is 0. The van der Waals surface area contributed by atoms with Gasteiger partial charge in [-0.05, 0) is 39.0 Å². The molecule has 2 heterocycles. The highest BCUT2D eigenvalue weighted by molar-refractivity contribution is 9.10. The van der Waals surface area contributed by atoms with Gasteiger partial charge in [0.05, 0.1) is 11.2 Å². The molecule has 1 aromatic heterocycles. The lowest BCUT2D eigenvalue weighted by molar-refractivity contribution is 0.0156. The average Bonchev–Trinajstić information content (AvgIpc) is 2.65. The predicted octanol–water partition coefficient (Wildman–Crippen LogP) is 4.87. The number of pyridine rings is 1. The number of aromatic nitrogens is 1. The Balaban J connectivity index is 2.00. The fraction of sp³-hybridized carbons (Fsp3) is 0.429. The number of nitrogens with zero attached hydrogens (tertiary/aromatic N) is 5. The monoisotopic (exact) mass is 489 g/mol. The van der Waals surface area contributed by atoms with Gasteiger partial charge < -0.3 is 14.5 Å². The van der Waals surface area contributed by atoms with Crippen LogP contribution >= 0.6 is 27.5 Å². The normalized spacial score (nSPS) is 16.8. The summed E-state index contributed by atoms with van der Waals surface area (Å²) in [4.78, 5) is 24.2. The van der Waals surface area contributed by atoms with Crippen LogP contribution in [0.2, 0.25) is 5.15 Å². The first kappa shape index (κ1) is 22.1. The first-order valence-electron chi connectivity index (χ1n) is 9.41. The summed E-state index contributed by atoms with van der Waals surface area (Å²) in [5.74, 6) is 0. The predicted molar refractivity (Wildman–Crippen MR) is 120 cm³/mol. The third-order valence-electron chi connectivity index (χ3n) is 4.72. The van der Waals surface area contributed by atoms with Crippen LogP contribution in [0.5, 0.6) is 0 Å². The fourth-order valence-electron chi connectivity index (χ4n) is 3.50. The smallest absolute Gasteiger partial charge is 0.410 e. The standard InChI is InChI=1S/C21H21BrClN5O2/c1-21(2,3)30-20(29)28-8-7-27(12-14(28)11-25-4)18-15-6-5-13(22)9-17(15)26-19(23)16(18)10-24/h5-6,9,14H,7-8,11-12H2,1-3H3/t14-/m0/s1. The van der Waals surface area contributed by atoms with Crippen molar-refractivity contribution in [3.63, 3.8) is 0 Å². The number of carbonyl (C=O) groups is 1. The number of benzene rings is 1. The van der Waals surface area contributed by atoms with Gasteiger partial charge >= 0.3 is 6.09 Å². The first-order valence-corrected chi connectivity index (χ1v) is 10.6. The Morgan fingerprint density at radius 1 is 1.47 bits per heavy atom. The van der Waals surface area contributed by atoms with Crippen molar-refractivity contribution >= 4 is 50.2 Å². The SMILES string of the molecule is [C-]#[N+]C[C@H]1CN(c2c(C#N)c(Cl)nc3cc(Br)ccc23)CCN1C(=O)OC(C)(C)C. The Bertz CT molecular complexity index is 1070. The molecule has 3 rings (SSSR count). The maximum absolute atomic E-state index is 12.7. The summed E-state index contributed by atoms with van der Waals surface area (Å²) in [6, 6.07) is 7.42. The highest BCUT2D eigenvalue weighted by Crippen LogP contribution is 2.36. The molecule has 7 nitrogen and oxygen atoms in total. The fourth-order valence-corrected chi connectivity index (χ4v) is 4.07. The molecule has 1 aromatic carbocycles. The van der Waals surface area contributed by atoms with Crippen molar-refractivity contribution in [3.05, 3.63) is 44.8 Å². The molecule has 0 N–H and O–H groups in total. The van der Waals surface area contributed by atoms with Crippen LogP contribution < -0.4 is 4.90 Å². The van der Waals surface area contributed by atoms with Gasteiger partial charge in [-0.15, -0.1) is 0 Å². The van der Waals surface area contributed by atoms with E-state index in [-0.39, 0.29) is 17.7 Å². The van der Waals surface area contributed by atoms with Gasteiger partial charge in [-0.1, -0.05) is 27.5 Å². The quantitative estimate of drug-likeness (QED) is 0.444. The minimum Gasteiger partial charge on any atom is -0.444 e. The third kappa shape index (κ3) is 4.61. The van der Waals surface area contributed by atoms with Crippen LogP contribution in [0.15, 0.2) is 22.7 Å². The minimum atomic E-state index is -0.618. The lowest BCUT2D eigenvalue weighted by Crippen LogP contribution is -2.57. The van der Waals surface area contributed by atoms with E-state index < -0.39 is 11.7 Å². The summed E-state index contributed by atoms with van der Waals surface area (Å²) in [6.45, 7) is 14.1. The average molecular weight is 491 g/mol. The molecular formula is C21H21BrClN5O2. The number of piperazine rings is 1. The number of fused-ring (bicyclic) bond motifs is 1. The molecule has 9 heteroatoms. The molecule has 0 bridgehead atoms. The highest BCUT2D eigenvalue weighted by Gasteiger charge is 2.36. The maximum atomic E-state index is 12.7. The first-order chi connectivity index (χ1) is 14.1. The Hall–Kier alpha value is -2.55. The van der Waals surface area contributed by atoms with Crippen molar-refractivity contribution < 1.29 is 9.53 Å². The van der Waals surface area contributed by atoms with Gasteiger partial charge in [0.15, 0.2) is 0 Å². The van der Waals surface area contributed by atoms with Crippen LogP contribution in [-0.4, -0.2) is 53.8 Å². The van der Waals surface area contributed by atoms with E-state index in [4.69, 9.17) is 22.9 Å². The molecule has 1 amide bonds. The van der Waals surface area contributed by atoms with Crippen molar-refractivity contribution in [1.82, 2.24) is 9.88 Å². The van der Waals surface area contributed by atoms with Crippen LogP contribution in [0.1, 0.15) is 26.3 Å². The zero-order valence-corrected chi connectivity index (χ0v) is 19.3. The lowest BCUT2D eigenvalue weighted by Gasteiger charge is -2.41. The van der Waals surface area contributed by atoms with E-state index in [1.165, 1.54) is 0 Å². The Morgan fingerprint density at radius 2 is 2.20 bits per heavy atom. The van der Waals surface area contributed by atoms with Gasteiger partial charge in [-0.25, -0.2) is 16.4 Å². The van der Waals surface area contributed by atoms with Crippen molar-refractivity contribution in [2.75, 3.05) is 31.1 Å². The zero-order chi connectivity index (χ0) is 22.1. The second-order valence-electron chi connectivity index (χ2n) is 8.01. The van der Waals surface area contributed by atoms with Gasteiger partial charge in [0, 0.05) is 29.5 Å². The van der Waals surface area contributed by atoms with E-state index in [0.717, 1.165) is 9.86 Å². The molecule has 1 saturated heterocycles. The Morgan fingerprint density at radius 3 is 2.83 bits per heavy atom. The van der Waals surface area contributed by atoms with Crippen LogP contribution in [0.4, 0.5) is 10.5 Å². The highest BCUT2D eigenvalue weighted by atomic mass is 79.9. The number of ether oxygens (including phenoxy) is 1. The number of anilines is 1. The molecule has 0 saturated carbocycles. The van der Waals surface area contributed by atoms with Crippen LogP contribution in [0, 0.1) is 17.9 Å². The summed E-state index contributed by atoms with van der Waals surface area (Å²) in [5, 5.41) is 10.7. The van der Waals surface area contributed by atoms with Crippen LogP contribution in [0.25, 0.3) is 15.7 Å². The van der Waals surface area contributed by atoms with Crippen LogP contribution in [-0.2, 0) is 4.74 Å². The Labute approximate surface area is 189 Å². The molecule has 1 aliphatic heterocycles. The molecule has 156 valence electrons. The molecule has 0 unspecified atom stereocenters. The Kier molecular flexibility index (Phi) is 6.40. The van der Waals surface area contributed by atoms with E-state index in [9.17, 15) is 10.1 Å². The van der Waals surface area contributed by atoms with Crippen LogP contribution in [0.3, 0.4) is 0 Å². The topological polar surface area (TPSA) is 73.8 Å². The van der Waals surface area contributed by atoms with Gasteiger partial charge in [-0.2, -0.15) is 5.26 Å². The van der Waals surface area contributed by atoms with E-state index in [2.05, 4.69) is 31.8 Å². The van der Waals surface area contributed by atoms with Gasteiger partial charge in [0.1, 0.15) is 28.4 Å². The molecule has 30 heavy (non-hydrogen) atoms. The molecule has 1 fully saturated rings. The minimum absolute atomic E-state index is 0.134. The number of rotatable bonds is 2. The second kappa shape index (κ2) is 8.67. The van der Waals surface area contributed by atoms with Gasteiger partial charge in [-0.3, -0.25) is 4.90 Å². The maximum Gasteiger partial charge on any atom is 0.410 e. The van der Waals surface area contributed by atoms with E-state index in [1.807, 2.05) is 43.9 Å². The number of halogens is 2. The molecule has 0 aliphatic carbocycles. The van der Waals surface area contributed by atoms with Crippen molar-refractivity contribution in [1.29, 1.82) is 5.26 Å². The summed E-state index contributed by atoms with van der Waals surface area (Å²) in [6.07, 6.45) is -0.433. The third-order valence-corrected chi connectivity index (χ3v) is 5.48. The number of amides is 1. The number of hydrogen-bond acceptors (Lipinski definition) is 5. The molecule has 2 aromatic rings.